The first-order chi connectivity index (χ1) is 11.4. The van der Waals surface area contributed by atoms with Gasteiger partial charge in [0.05, 0.1) is 0 Å². The highest BCUT2D eigenvalue weighted by atomic mass is 16.6. The van der Waals surface area contributed by atoms with E-state index in [1.54, 1.807) is 4.90 Å². The Bertz CT molecular complexity index is 698. The second kappa shape index (κ2) is 6.78. The lowest BCUT2D eigenvalue weighted by Crippen LogP contribution is -2.53. The Morgan fingerprint density at radius 1 is 1.29 bits per heavy atom. The van der Waals surface area contributed by atoms with Crippen LogP contribution in [0.2, 0.25) is 0 Å². The summed E-state index contributed by atoms with van der Waals surface area (Å²) in [6.45, 7) is 9.29. The van der Waals surface area contributed by atoms with Gasteiger partial charge >= 0.3 is 6.09 Å². The van der Waals surface area contributed by atoms with Crippen LogP contribution in [0.1, 0.15) is 26.3 Å². The van der Waals surface area contributed by atoms with E-state index in [9.17, 15) is 4.79 Å². The molecule has 1 saturated heterocycles. The van der Waals surface area contributed by atoms with E-state index in [0.717, 1.165) is 30.7 Å². The number of aromatic amines is 1. The highest BCUT2D eigenvalue weighted by molar-refractivity contribution is 5.79. The van der Waals surface area contributed by atoms with Gasteiger partial charge in [-0.1, -0.05) is 0 Å². The molecule has 130 valence electrons. The molecule has 2 aromatic rings. The zero-order chi connectivity index (χ0) is 17.2. The van der Waals surface area contributed by atoms with Gasteiger partial charge in [0.2, 0.25) is 0 Å². The topological polar surface area (TPSA) is 73.5 Å². The number of amides is 1. The fourth-order valence-electron chi connectivity index (χ4n) is 2.74. The molecule has 1 amide bonds. The third kappa shape index (κ3) is 4.04. The second-order valence-corrected chi connectivity index (χ2v) is 7.00. The van der Waals surface area contributed by atoms with Crippen molar-refractivity contribution in [2.75, 3.05) is 26.2 Å². The van der Waals surface area contributed by atoms with E-state index in [1.807, 2.05) is 45.3 Å². The van der Waals surface area contributed by atoms with Crippen molar-refractivity contribution in [3.63, 3.8) is 0 Å². The van der Waals surface area contributed by atoms with E-state index in [1.165, 1.54) is 5.56 Å². The van der Waals surface area contributed by atoms with Crippen molar-refractivity contribution in [2.45, 2.75) is 32.9 Å². The van der Waals surface area contributed by atoms with Crippen LogP contribution in [0.4, 0.5) is 4.79 Å². The molecule has 0 saturated carbocycles. The molecule has 0 aromatic carbocycles. The minimum absolute atomic E-state index is 0.231. The van der Waals surface area contributed by atoms with Crippen molar-refractivity contribution in [3.8, 4) is 0 Å². The standard InChI is InChI=1S/C17H25N5O2/c1-17(2,3)24-16(23)21-8-10-22(11-9-21)20-12-13-4-6-18-15-14(13)5-7-19-15/h4-7,20H,8-12H2,1-3H3,(H,18,19). The average molecular weight is 331 g/mol. The van der Waals surface area contributed by atoms with Gasteiger partial charge < -0.3 is 14.6 Å². The summed E-state index contributed by atoms with van der Waals surface area (Å²) >= 11 is 0. The van der Waals surface area contributed by atoms with Crippen LogP contribution in [0.15, 0.2) is 24.5 Å². The third-order valence-electron chi connectivity index (χ3n) is 3.97. The molecule has 0 bridgehead atoms. The number of nitrogens with zero attached hydrogens (tertiary/aromatic N) is 3. The number of hydrogen-bond acceptors (Lipinski definition) is 5. The minimum Gasteiger partial charge on any atom is -0.444 e. The van der Waals surface area contributed by atoms with Gasteiger partial charge in [0.15, 0.2) is 0 Å². The van der Waals surface area contributed by atoms with Gasteiger partial charge in [0.1, 0.15) is 11.2 Å². The van der Waals surface area contributed by atoms with E-state index < -0.39 is 5.60 Å². The van der Waals surface area contributed by atoms with Crippen molar-refractivity contribution in [1.82, 2.24) is 25.3 Å². The van der Waals surface area contributed by atoms with Gasteiger partial charge in [-0.05, 0) is 38.5 Å². The van der Waals surface area contributed by atoms with Crippen LogP contribution < -0.4 is 5.43 Å². The molecule has 1 aliphatic heterocycles. The monoisotopic (exact) mass is 331 g/mol. The molecule has 0 atom stereocenters. The predicted molar refractivity (Wildman–Crippen MR) is 92.3 cm³/mol. The maximum Gasteiger partial charge on any atom is 0.410 e. The molecule has 2 aromatic heterocycles. The third-order valence-corrected chi connectivity index (χ3v) is 3.97. The molecule has 1 fully saturated rings. The van der Waals surface area contributed by atoms with Gasteiger partial charge in [-0.15, -0.1) is 0 Å². The Morgan fingerprint density at radius 3 is 2.75 bits per heavy atom. The highest BCUT2D eigenvalue weighted by Crippen LogP contribution is 2.15. The summed E-state index contributed by atoms with van der Waals surface area (Å²) < 4.78 is 5.42. The smallest absolute Gasteiger partial charge is 0.410 e. The van der Waals surface area contributed by atoms with Gasteiger partial charge in [0.25, 0.3) is 0 Å². The molecule has 3 rings (SSSR count). The molecule has 0 unspecified atom stereocenters. The summed E-state index contributed by atoms with van der Waals surface area (Å²) in [5.74, 6) is 0. The van der Waals surface area contributed by atoms with Crippen molar-refractivity contribution >= 4 is 17.1 Å². The zero-order valence-corrected chi connectivity index (χ0v) is 14.5. The molecule has 7 nitrogen and oxygen atoms in total. The number of hydrogen-bond donors (Lipinski definition) is 2. The number of ether oxygens (including phenoxy) is 1. The number of H-pyrrole nitrogens is 1. The molecule has 0 radical (unpaired) electrons. The number of carbonyl (C=O) groups is 1. The number of rotatable bonds is 3. The summed E-state index contributed by atoms with van der Waals surface area (Å²) in [6.07, 6.45) is 3.49. The maximum atomic E-state index is 12.1. The van der Waals surface area contributed by atoms with Crippen molar-refractivity contribution in [2.24, 2.45) is 0 Å². The van der Waals surface area contributed by atoms with Gasteiger partial charge in [-0.3, -0.25) is 5.43 Å². The van der Waals surface area contributed by atoms with Crippen LogP contribution >= 0.6 is 0 Å². The van der Waals surface area contributed by atoms with Crippen LogP contribution in [0.5, 0.6) is 0 Å². The van der Waals surface area contributed by atoms with E-state index in [0.29, 0.717) is 13.1 Å². The summed E-state index contributed by atoms with van der Waals surface area (Å²) in [7, 11) is 0. The van der Waals surface area contributed by atoms with Crippen LogP contribution in [0.25, 0.3) is 11.0 Å². The molecule has 24 heavy (non-hydrogen) atoms. The van der Waals surface area contributed by atoms with E-state index in [4.69, 9.17) is 4.74 Å². The Hall–Kier alpha value is -2.12. The lowest BCUT2D eigenvalue weighted by molar-refractivity contribution is 0.00885. The summed E-state index contributed by atoms with van der Waals surface area (Å²) in [6, 6.07) is 4.07. The van der Waals surface area contributed by atoms with Crippen molar-refractivity contribution in [3.05, 3.63) is 30.1 Å². The first-order valence-electron chi connectivity index (χ1n) is 8.30. The molecule has 2 N–H and O–H groups in total. The maximum absolute atomic E-state index is 12.1. The summed E-state index contributed by atoms with van der Waals surface area (Å²) in [4.78, 5) is 21.3. The number of carbonyl (C=O) groups excluding carboxylic acids is 1. The fourth-order valence-corrected chi connectivity index (χ4v) is 2.74. The van der Waals surface area contributed by atoms with Crippen LogP contribution in [-0.4, -0.2) is 57.8 Å². The largest absolute Gasteiger partial charge is 0.444 e. The van der Waals surface area contributed by atoms with Crippen molar-refractivity contribution < 1.29 is 9.53 Å². The number of hydrazine groups is 1. The first-order valence-corrected chi connectivity index (χ1v) is 8.30. The quantitative estimate of drug-likeness (QED) is 0.901. The normalized spacial score (nSPS) is 16.5. The lowest BCUT2D eigenvalue weighted by atomic mass is 10.2. The zero-order valence-electron chi connectivity index (χ0n) is 14.5. The van der Waals surface area contributed by atoms with Crippen LogP contribution in [0.3, 0.4) is 0 Å². The Labute approximate surface area is 142 Å². The van der Waals surface area contributed by atoms with Gasteiger partial charge in [-0.25, -0.2) is 14.8 Å². The van der Waals surface area contributed by atoms with Crippen LogP contribution in [-0.2, 0) is 11.3 Å². The Kier molecular flexibility index (Phi) is 4.73. The molecule has 3 heterocycles. The number of fused-ring (bicyclic) bond motifs is 1. The number of nitrogens with one attached hydrogen (secondary N) is 2. The predicted octanol–water partition coefficient (Wildman–Crippen LogP) is 2.12. The fraction of sp³-hybridized carbons (Fsp3) is 0.529. The molecule has 7 heteroatoms. The van der Waals surface area contributed by atoms with Gasteiger partial charge in [-0.2, -0.15) is 0 Å². The van der Waals surface area contributed by atoms with Crippen molar-refractivity contribution in [1.29, 1.82) is 0 Å². The summed E-state index contributed by atoms with van der Waals surface area (Å²) in [5, 5.41) is 3.29. The molecule has 0 spiro atoms. The lowest BCUT2D eigenvalue weighted by Gasteiger charge is -2.35. The number of aromatic nitrogens is 2. The minimum atomic E-state index is -0.449. The SMILES string of the molecule is CC(C)(C)OC(=O)N1CCN(NCc2ccnc3[nH]ccc23)CC1. The Balaban J connectivity index is 1.49. The molecule has 1 aliphatic rings. The number of piperazine rings is 1. The highest BCUT2D eigenvalue weighted by Gasteiger charge is 2.25. The summed E-state index contributed by atoms with van der Waals surface area (Å²) in [5.41, 5.74) is 5.10. The molecule has 0 aliphatic carbocycles. The van der Waals surface area contributed by atoms with Crippen LogP contribution in [0, 0.1) is 0 Å². The average Bonchev–Trinajstić information content (AvgIpc) is 3.01. The van der Waals surface area contributed by atoms with Gasteiger partial charge in [0, 0.05) is 50.5 Å². The van der Waals surface area contributed by atoms with E-state index in [2.05, 4.69) is 20.4 Å². The van der Waals surface area contributed by atoms with E-state index in [-0.39, 0.29) is 6.09 Å². The Morgan fingerprint density at radius 2 is 2.04 bits per heavy atom. The first kappa shape index (κ1) is 16.7. The van der Waals surface area contributed by atoms with E-state index >= 15 is 0 Å². The molecular formula is C17H25N5O2. The second-order valence-electron chi connectivity index (χ2n) is 7.00. The molecular weight excluding hydrogens is 306 g/mol. The number of pyridine rings is 1.